The van der Waals surface area contributed by atoms with Gasteiger partial charge in [0.15, 0.2) is 0 Å². The third-order valence-electron chi connectivity index (χ3n) is 5.21. The molecule has 8 heteroatoms. The van der Waals surface area contributed by atoms with Gasteiger partial charge >= 0.3 is 0 Å². The van der Waals surface area contributed by atoms with E-state index in [1.165, 1.54) is 23.8 Å². The molecule has 2 aromatic rings. The molecule has 2 amide bonds. The van der Waals surface area contributed by atoms with Crippen LogP contribution >= 0.6 is 27.5 Å². The van der Waals surface area contributed by atoms with Crippen LogP contribution in [0.25, 0.3) is 0 Å². The summed E-state index contributed by atoms with van der Waals surface area (Å²) >= 11 is 8.98. The van der Waals surface area contributed by atoms with Crippen LogP contribution in [0.4, 0.5) is 4.39 Å². The fraction of sp³-hybridized carbons (Fsp3) is 0.364. The number of likely N-dealkylation sites (tertiary alicyclic amines) is 1. The fourth-order valence-electron chi connectivity index (χ4n) is 3.42. The summed E-state index contributed by atoms with van der Waals surface area (Å²) in [5.74, 6) is -0.655. The van der Waals surface area contributed by atoms with Crippen molar-refractivity contribution in [2.75, 3.05) is 26.2 Å². The van der Waals surface area contributed by atoms with Crippen LogP contribution in [0.5, 0.6) is 0 Å². The molecule has 0 atom stereocenters. The molecular formula is C22H24BrClFN3O2. The van der Waals surface area contributed by atoms with Gasteiger partial charge in [-0.05, 0) is 83.7 Å². The lowest BCUT2D eigenvalue weighted by molar-refractivity contribution is -0.120. The number of benzene rings is 2. The van der Waals surface area contributed by atoms with Gasteiger partial charge in [0.1, 0.15) is 5.82 Å². The fourth-order valence-corrected chi connectivity index (χ4v) is 3.92. The Kier molecular flexibility index (Phi) is 8.24. The second-order valence-corrected chi connectivity index (χ2v) is 8.75. The van der Waals surface area contributed by atoms with Crippen LogP contribution in [0.3, 0.4) is 0 Å². The van der Waals surface area contributed by atoms with E-state index in [-0.39, 0.29) is 16.9 Å². The predicted molar refractivity (Wildman–Crippen MR) is 119 cm³/mol. The smallest absolute Gasteiger partial charge is 0.251 e. The van der Waals surface area contributed by atoms with E-state index in [2.05, 4.69) is 31.5 Å². The quantitative estimate of drug-likeness (QED) is 0.609. The first-order valence-electron chi connectivity index (χ1n) is 9.87. The van der Waals surface area contributed by atoms with E-state index in [9.17, 15) is 14.0 Å². The lowest BCUT2D eigenvalue weighted by Crippen LogP contribution is -2.41. The van der Waals surface area contributed by atoms with E-state index in [4.69, 9.17) is 11.6 Å². The van der Waals surface area contributed by atoms with Gasteiger partial charge in [-0.1, -0.05) is 23.7 Å². The third-order valence-corrected chi connectivity index (χ3v) is 6.07. The Hall–Kier alpha value is -1.96. The molecule has 0 unspecified atom stereocenters. The van der Waals surface area contributed by atoms with Crippen LogP contribution in [0.2, 0.25) is 5.02 Å². The van der Waals surface area contributed by atoms with Crippen LogP contribution < -0.4 is 10.6 Å². The second kappa shape index (κ2) is 10.9. The normalized spacial score (nSPS) is 15.0. The predicted octanol–water partition coefficient (Wildman–Crippen LogP) is 4.00. The molecule has 1 aliphatic rings. The van der Waals surface area contributed by atoms with Crippen LogP contribution in [0.1, 0.15) is 28.8 Å². The molecule has 0 aromatic heterocycles. The van der Waals surface area contributed by atoms with E-state index in [1.807, 2.05) is 24.3 Å². The van der Waals surface area contributed by atoms with Gasteiger partial charge < -0.3 is 10.6 Å². The zero-order valence-electron chi connectivity index (χ0n) is 16.5. The molecule has 3 rings (SSSR count). The number of carbonyl (C=O) groups is 2. The molecule has 0 radical (unpaired) electrons. The Balaban J connectivity index is 1.34. The Bertz CT molecular complexity index is 886. The van der Waals surface area contributed by atoms with Gasteiger partial charge in [0, 0.05) is 23.7 Å². The van der Waals surface area contributed by atoms with E-state index in [1.54, 1.807) is 0 Å². The minimum atomic E-state index is -0.441. The van der Waals surface area contributed by atoms with E-state index in [0.717, 1.165) is 37.5 Å². The molecule has 0 bridgehead atoms. The molecule has 1 fully saturated rings. The molecule has 0 saturated carbocycles. The first-order valence-corrected chi connectivity index (χ1v) is 11.0. The van der Waals surface area contributed by atoms with Gasteiger partial charge in [0.2, 0.25) is 5.91 Å². The van der Waals surface area contributed by atoms with Gasteiger partial charge in [-0.15, -0.1) is 0 Å². The molecule has 1 saturated heterocycles. The minimum absolute atomic E-state index is 0.108. The summed E-state index contributed by atoms with van der Waals surface area (Å²) in [5, 5.41) is 6.20. The van der Waals surface area contributed by atoms with Crippen molar-refractivity contribution in [1.29, 1.82) is 0 Å². The van der Waals surface area contributed by atoms with Crippen LogP contribution in [0.15, 0.2) is 46.9 Å². The molecule has 0 spiro atoms. The molecule has 2 aromatic carbocycles. The molecule has 5 nitrogen and oxygen atoms in total. The summed E-state index contributed by atoms with van der Waals surface area (Å²) in [5.41, 5.74) is 1.54. The summed E-state index contributed by atoms with van der Waals surface area (Å²) in [4.78, 5) is 26.5. The van der Waals surface area contributed by atoms with Gasteiger partial charge in [0.05, 0.1) is 11.0 Å². The zero-order valence-corrected chi connectivity index (χ0v) is 18.8. The molecule has 0 aliphatic carbocycles. The highest BCUT2D eigenvalue weighted by molar-refractivity contribution is 9.10. The molecule has 1 heterocycles. The van der Waals surface area contributed by atoms with Crippen molar-refractivity contribution in [3.05, 3.63) is 68.9 Å². The van der Waals surface area contributed by atoms with Crippen molar-refractivity contribution in [3.63, 3.8) is 0 Å². The van der Waals surface area contributed by atoms with Crippen LogP contribution in [0, 0.1) is 11.7 Å². The first kappa shape index (κ1) is 22.7. The number of hydrogen-bond acceptors (Lipinski definition) is 3. The zero-order chi connectivity index (χ0) is 21.5. The van der Waals surface area contributed by atoms with Gasteiger partial charge in [-0.25, -0.2) is 4.39 Å². The summed E-state index contributed by atoms with van der Waals surface area (Å²) in [6, 6.07) is 11.9. The van der Waals surface area contributed by atoms with E-state index in [0.29, 0.717) is 18.0 Å². The molecule has 2 N–H and O–H groups in total. The lowest BCUT2D eigenvalue weighted by Gasteiger charge is -2.32. The van der Waals surface area contributed by atoms with Gasteiger partial charge in [-0.3, -0.25) is 14.5 Å². The topological polar surface area (TPSA) is 61.4 Å². The van der Waals surface area contributed by atoms with Gasteiger partial charge in [-0.2, -0.15) is 0 Å². The van der Waals surface area contributed by atoms with Crippen LogP contribution in [-0.2, 0) is 11.3 Å². The number of hydrogen-bond donors (Lipinski definition) is 2. The summed E-state index contributed by atoms with van der Waals surface area (Å²) in [6.45, 7) is 3.37. The minimum Gasteiger partial charge on any atom is -0.354 e. The Morgan fingerprint density at radius 2 is 1.80 bits per heavy atom. The summed E-state index contributed by atoms with van der Waals surface area (Å²) < 4.78 is 13.5. The maximum atomic E-state index is 13.3. The van der Waals surface area contributed by atoms with Gasteiger partial charge in [0.25, 0.3) is 5.91 Å². The van der Waals surface area contributed by atoms with Crippen molar-refractivity contribution in [2.45, 2.75) is 19.4 Å². The van der Waals surface area contributed by atoms with Crippen LogP contribution in [-0.4, -0.2) is 42.9 Å². The SMILES string of the molecule is O=C(CNC(=O)c1ccc(F)c(Br)c1)NCC1CCN(Cc2ccc(Cl)cc2)CC1. The molecule has 160 valence electrons. The highest BCUT2D eigenvalue weighted by atomic mass is 79.9. The van der Waals surface area contributed by atoms with E-state index < -0.39 is 11.7 Å². The van der Waals surface area contributed by atoms with Crippen molar-refractivity contribution in [1.82, 2.24) is 15.5 Å². The number of nitrogens with zero attached hydrogens (tertiary/aromatic N) is 1. The average Bonchev–Trinajstić information content (AvgIpc) is 2.75. The lowest BCUT2D eigenvalue weighted by atomic mass is 9.96. The Labute approximate surface area is 189 Å². The number of rotatable bonds is 7. The standard InChI is InChI=1S/C22H24BrClFN3O2/c23-19-11-17(3-6-20(19)25)22(30)27-13-21(29)26-12-15-7-9-28(10-8-15)14-16-1-4-18(24)5-2-16/h1-6,11,15H,7-10,12-14H2,(H,26,29)(H,27,30). The molecule has 30 heavy (non-hydrogen) atoms. The first-order chi connectivity index (χ1) is 14.4. The largest absolute Gasteiger partial charge is 0.354 e. The van der Waals surface area contributed by atoms with Crippen molar-refractivity contribution < 1.29 is 14.0 Å². The third kappa shape index (κ3) is 6.79. The highest BCUT2D eigenvalue weighted by Gasteiger charge is 2.20. The maximum absolute atomic E-state index is 13.3. The average molecular weight is 497 g/mol. The number of carbonyl (C=O) groups excluding carboxylic acids is 2. The Morgan fingerprint density at radius 3 is 2.47 bits per heavy atom. The second-order valence-electron chi connectivity index (χ2n) is 7.46. The Morgan fingerprint density at radius 1 is 1.10 bits per heavy atom. The maximum Gasteiger partial charge on any atom is 0.251 e. The van der Waals surface area contributed by atoms with Crippen molar-refractivity contribution >= 4 is 39.3 Å². The number of halogens is 3. The highest BCUT2D eigenvalue weighted by Crippen LogP contribution is 2.19. The van der Waals surface area contributed by atoms with E-state index >= 15 is 0 Å². The molecule has 1 aliphatic heterocycles. The number of nitrogens with one attached hydrogen (secondary N) is 2. The summed E-state index contributed by atoms with van der Waals surface area (Å²) in [7, 11) is 0. The number of amides is 2. The van der Waals surface area contributed by atoms with Crippen molar-refractivity contribution in [2.24, 2.45) is 5.92 Å². The summed E-state index contributed by atoms with van der Waals surface area (Å²) in [6.07, 6.45) is 2.04. The van der Waals surface area contributed by atoms with Crippen molar-refractivity contribution in [3.8, 4) is 0 Å². The molecular weight excluding hydrogens is 473 g/mol. The monoisotopic (exact) mass is 495 g/mol. The number of piperidine rings is 1.